The Labute approximate surface area is 110 Å². The van der Waals surface area contributed by atoms with Gasteiger partial charge in [0.15, 0.2) is 0 Å². The number of nitrogens with zero attached hydrogens (tertiary/aromatic N) is 2. The molecule has 2 aliphatic rings. The summed E-state index contributed by atoms with van der Waals surface area (Å²) in [5, 5.41) is 0. The highest BCUT2D eigenvalue weighted by molar-refractivity contribution is 5.81. The predicted octanol–water partition coefficient (Wildman–Crippen LogP) is 1.69. The van der Waals surface area contributed by atoms with Gasteiger partial charge in [-0.2, -0.15) is 0 Å². The molecule has 0 spiro atoms. The van der Waals surface area contributed by atoms with E-state index in [1.54, 1.807) is 0 Å². The minimum atomic E-state index is 0.337. The minimum absolute atomic E-state index is 0.337. The molecule has 0 atom stereocenters. The second kappa shape index (κ2) is 8.25. The van der Waals surface area contributed by atoms with Crippen LogP contribution in [0.15, 0.2) is 0 Å². The van der Waals surface area contributed by atoms with E-state index in [4.69, 9.17) is 0 Å². The van der Waals surface area contributed by atoms with Crippen LogP contribution in [0.5, 0.6) is 0 Å². The molecule has 104 valence electrons. The molecule has 0 aromatic carbocycles. The lowest BCUT2D eigenvalue weighted by molar-refractivity contribution is -0.133. The smallest absolute Gasteiger partial charge is 0.222 e. The summed E-state index contributed by atoms with van der Waals surface area (Å²) >= 11 is 0. The number of amides is 1. The maximum atomic E-state index is 11.0. The van der Waals surface area contributed by atoms with Crippen molar-refractivity contribution in [1.82, 2.24) is 9.80 Å². The van der Waals surface area contributed by atoms with Crippen LogP contribution in [0.1, 0.15) is 46.0 Å². The molecule has 0 unspecified atom stereocenters. The van der Waals surface area contributed by atoms with Crippen molar-refractivity contribution in [1.29, 1.82) is 0 Å². The zero-order chi connectivity index (χ0) is 13.4. The van der Waals surface area contributed by atoms with E-state index in [9.17, 15) is 9.59 Å². The van der Waals surface area contributed by atoms with Crippen LogP contribution in [0.2, 0.25) is 0 Å². The molecule has 4 nitrogen and oxygen atoms in total. The maximum absolute atomic E-state index is 11.0. The number of carbonyl (C=O) groups excluding carboxylic acids is 2. The lowest BCUT2D eigenvalue weighted by atomic mass is 10.1. The SMILES string of the molecule is CCN1CCCC(=O)C1.CCN1CCCCC1=O. The third kappa shape index (κ3) is 5.17. The van der Waals surface area contributed by atoms with E-state index in [1.807, 2.05) is 11.8 Å². The summed E-state index contributed by atoms with van der Waals surface area (Å²) in [4.78, 5) is 25.8. The molecule has 4 heteroatoms. The number of carbonyl (C=O) groups is 2. The molecule has 1 amide bonds. The third-order valence-electron chi connectivity index (χ3n) is 3.58. The number of hydrogen-bond acceptors (Lipinski definition) is 3. The van der Waals surface area contributed by atoms with Gasteiger partial charge < -0.3 is 4.90 Å². The monoisotopic (exact) mass is 254 g/mol. The molecule has 0 N–H and O–H groups in total. The molecule has 0 aromatic rings. The van der Waals surface area contributed by atoms with E-state index in [1.165, 1.54) is 6.42 Å². The van der Waals surface area contributed by atoms with Gasteiger partial charge in [0.05, 0.1) is 6.54 Å². The molecule has 2 saturated heterocycles. The van der Waals surface area contributed by atoms with Crippen LogP contribution in [0.25, 0.3) is 0 Å². The summed E-state index contributed by atoms with van der Waals surface area (Å²) in [7, 11) is 0. The highest BCUT2D eigenvalue weighted by Gasteiger charge is 2.15. The molecule has 0 aromatic heterocycles. The first-order valence-corrected chi connectivity index (χ1v) is 7.19. The molecule has 18 heavy (non-hydrogen) atoms. The fourth-order valence-corrected chi connectivity index (χ4v) is 2.37. The Bertz CT molecular complexity index is 279. The number of likely N-dealkylation sites (tertiary alicyclic amines) is 2. The quantitative estimate of drug-likeness (QED) is 0.753. The van der Waals surface area contributed by atoms with Gasteiger partial charge in [0.2, 0.25) is 5.91 Å². The first kappa shape index (κ1) is 15.2. The van der Waals surface area contributed by atoms with Gasteiger partial charge in [-0.25, -0.2) is 0 Å². The molecular weight excluding hydrogens is 228 g/mol. The molecule has 0 saturated carbocycles. The highest BCUT2D eigenvalue weighted by Crippen LogP contribution is 2.08. The summed E-state index contributed by atoms with van der Waals surface area (Å²) in [6.45, 7) is 8.82. The van der Waals surface area contributed by atoms with Crippen molar-refractivity contribution in [3.05, 3.63) is 0 Å². The van der Waals surface area contributed by atoms with Crippen molar-refractivity contribution in [2.45, 2.75) is 46.0 Å². The molecule has 0 aliphatic carbocycles. The second-order valence-electron chi connectivity index (χ2n) is 4.94. The van der Waals surface area contributed by atoms with Gasteiger partial charge in [0.25, 0.3) is 0 Å². The predicted molar refractivity (Wildman–Crippen MR) is 72.5 cm³/mol. The summed E-state index contributed by atoms with van der Waals surface area (Å²) in [6, 6.07) is 0. The number of ketones is 1. The zero-order valence-electron chi connectivity index (χ0n) is 11.8. The summed E-state index contributed by atoms with van der Waals surface area (Å²) < 4.78 is 0. The number of piperidine rings is 2. The fraction of sp³-hybridized carbons (Fsp3) is 0.857. The van der Waals surface area contributed by atoms with Crippen LogP contribution in [-0.4, -0.2) is 54.2 Å². The number of Topliss-reactive ketones (excluding diaryl/α,β-unsaturated/α-hetero) is 1. The Morgan fingerprint density at radius 2 is 1.72 bits per heavy atom. The van der Waals surface area contributed by atoms with Crippen molar-refractivity contribution in [3.63, 3.8) is 0 Å². The van der Waals surface area contributed by atoms with Crippen molar-refractivity contribution >= 4 is 11.7 Å². The zero-order valence-corrected chi connectivity index (χ0v) is 11.8. The lowest BCUT2D eigenvalue weighted by Gasteiger charge is -2.24. The van der Waals surface area contributed by atoms with Gasteiger partial charge in [-0.1, -0.05) is 6.92 Å². The Balaban J connectivity index is 0.000000180. The van der Waals surface area contributed by atoms with E-state index in [0.717, 1.165) is 51.9 Å². The van der Waals surface area contributed by atoms with Crippen LogP contribution in [-0.2, 0) is 9.59 Å². The lowest BCUT2D eigenvalue weighted by Crippen LogP contribution is -2.35. The van der Waals surface area contributed by atoms with Crippen molar-refractivity contribution in [3.8, 4) is 0 Å². The molecule has 0 radical (unpaired) electrons. The maximum Gasteiger partial charge on any atom is 0.222 e. The molecule has 2 heterocycles. The van der Waals surface area contributed by atoms with E-state index in [2.05, 4.69) is 11.8 Å². The average molecular weight is 254 g/mol. The molecule has 2 rings (SSSR count). The van der Waals surface area contributed by atoms with Gasteiger partial charge >= 0.3 is 0 Å². The largest absolute Gasteiger partial charge is 0.343 e. The van der Waals surface area contributed by atoms with Gasteiger partial charge in [-0.15, -0.1) is 0 Å². The summed E-state index contributed by atoms with van der Waals surface area (Å²) in [5.74, 6) is 0.742. The normalized spacial score (nSPS) is 21.6. The van der Waals surface area contributed by atoms with Crippen LogP contribution in [0.3, 0.4) is 0 Å². The molecule has 2 fully saturated rings. The molecular formula is C14H26N2O2. The molecule has 2 aliphatic heterocycles. The van der Waals surface area contributed by atoms with E-state index >= 15 is 0 Å². The van der Waals surface area contributed by atoms with Gasteiger partial charge in [0.1, 0.15) is 5.78 Å². The van der Waals surface area contributed by atoms with Crippen molar-refractivity contribution < 1.29 is 9.59 Å². The van der Waals surface area contributed by atoms with Crippen LogP contribution in [0, 0.1) is 0 Å². The van der Waals surface area contributed by atoms with Crippen molar-refractivity contribution in [2.75, 3.05) is 32.7 Å². The highest BCUT2D eigenvalue weighted by atomic mass is 16.2. The van der Waals surface area contributed by atoms with Gasteiger partial charge in [-0.05, 0) is 39.3 Å². The summed E-state index contributed by atoms with van der Waals surface area (Å²) in [6.07, 6.45) is 4.92. The average Bonchev–Trinajstić information content (AvgIpc) is 2.40. The Morgan fingerprint density at radius 3 is 2.17 bits per heavy atom. The Kier molecular flexibility index (Phi) is 6.94. The van der Waals surface area contributed by atoms with Crippen LogP contribution >= 0.6 is 0 Å². The first-order chi connectivity index (χ1) is 8.67. The minimum Gasteiger partial charge on any atom is -0.343 e. The third-order valence-corrected chi connectivity index (χ3v) is 3.58. The van der Waals surface area contributed by atoms with E-state index in [-0.39, 0.29) is 0 Å². The van der Waals surface area contributed by atoms with E-state index in [0.29, 0.717) is 18.2 Å². The number of rotatable bonds is 2. The Hall–Kier alpha value is -0.900. The standard InChI is InChI=1S/2C7H13NO/c1-2-8-5-3-4-7(9)6-8;1-2-8-6-4-3-5-7(8)9/h2*2-6H2,1H3. The van der Waals surface area contributed by atoms with Crippen LogP contribution in [0.4, 0.5) is 0 Å². The number of likely N-dealkylation sites (N-methyl/N-ethyl adjacent to an activating group) is 1. The Morgan fingerprint density at radius 1 is 0.944 bits per heavy atom. The summed E-state index contributed by atoms with van der Waals surface area (Å²) in [5.41, 5.74) is 0. The topological polar surface area (TPSA) is 40.6 Å². The first-order valence-electron chi connectivity index (χ1n) is 7.19. The van der Waals surface area contributed by atoms with Crippen LogP contribution < -0.4 is 0 Å². The number of hydrogen-bond donors (Lipinski definition) is 0. The van der Waals surface area contributed by atoms with Gasteiger partial charge in [0, 0.05) is 25.9 Å². The fourth-order valence-electron chi connectivity index (χ4n) is 2.37. The molecule has 0 bridgehead atoms. The van der Waals surface area contributed by atoms with E-state index < -0.39 is 0 Å². The second-order valence-corrected chi connectivity index (χ2v) is 4.94. The van der Waals surface area contributed by atoms with Gasteiger partial charge in [-0.3, -0.25) is 14.5 Å². The van der Waals surface area contributed by atoms with Crippen molar-refractivity contribution in [2.24, 2.45) is 0 Å².